The Bertz CT molecular complexity index is 230. The molecule has 0 radical (unpaired) electrons. The molecule has 0 saturated carbocycles. The molecule has 2 N–H and O–H groups in total. The summed E-state index contributed by atoms with van der Waals surface area (Å²) in [5, 5.41) is 0. The average Bonchev–Trinajstić information content (AvgIpc) is 2.43. The lowest BCUT2D eigenvalue weighted by atomic mass is 10.4. The second-order valence-electron chi connectivity index (χ2n) is 4.53. The highest BCUT2D eigenvalue weighted by atomic mass is 32.1. The summed E-state index contributed by atoms with van der Waals surface area (Å²) in [5.74, 6) is 0. The number of hydrogen-bond donors (Lipinski definition) is 1. The first kappa shape index (κ1) is 19.7. The zero-order valence-corrected chi connectivity index (χ0v) is 13.8. The lowest BCUT2D eigenvalue weighted by molar-refractivity contribution is 0.0110. The highest BCUT2D eigenvalue weighted by Crippen LogP contribution is 1.90. The maximum atomic E-state index is 5.51. The fraction of sp³-hybridized carbons (Fsp3) is 0.929. The Morgan fingerprint density at radius 2 is 1.50 bits per heavy atom. The SMILES string of the molecule is CCCCOCCOCCOCCN(CC)CC(N)=S. The van der Waals surface area contributed by atoms with E-state index in [2.05, 4.69) is 18.7 Å². The van der Waals surface area contributed by atoms with Crippen molar-refractivity contribution in [3.8, 4) is 0 Å². The highest BCUT2D eigenvalue weighted by Gasteiger charge is 2.02. The van der Waals surface area contributed by atoms with Gasteiger partial charge in [-0.05, 0) is 13.0 Å². The van der Waals surface area contributed by atoms with Gasteiger partial charge in [0.05, 0.1) is 38.0 Å². The van der Waals surface area contributed by atoms with Crippen LogP contribution in [0.25, 0.3) is 0 Å². The molecule has 0 aromatic carbocycles. The van der Waals surface area contributed by atoms with Crippen LogP contribution in [-0.4, -0.2) is 69.2 Å². The molecule has 0 atom stereocenters. The van der Waals surface area contributed by atoms with Crippen molar-refractivity contribution in [3.63, 3.8) is 0 Å². The monoisotopic (exact) mass is 306 g/mol. The van der Waals surface area contributed by atoms with Crippen molar-refractivity contribution >= 4 is 17.2 Å². The Kier molecular flexibility index (Phi) is 14.9. The first-order valence-electron chi connectivity index (χ1n) is 7.44. The number of ether oxygens (including phenoxy) is 3. The third-order valence-electron chi connectivity index (χ3n) is 2.76. The molecule has 0 amide bonds. The molecule has 6 heteroatoms. The van der Waals surface area contributed by atoms with Crippen LogP contribution in [0.1, 0.15) is 26.7 Å². The van der Waals surface area contributed by atoms with Crippen LogP contribution in [0.5, 0.6) is 0 Å². The number of nitrogens with two attached hydrogens (primary N) is 1. The molecule has 0 spiro atoms. The molecule has 20 heavy (non-hydrogen) atoms. The van der Waals surface area contributed by atoms with E-state index in [9.17, 15) is 0 Å². The largest absolute Gasteiger partial charge is 0.392 e. The van der Waals surface area contributed by atoms with E-state index >= 15 is 0 Å². The first-order chi connectivity index (χ1) is 9.70. The van der Waals surface area contributed by atoms with Gasteiger partial charge in [0, 0.05) is 19.7 Å². The molecule has 0 aliphatic carbocycles. The van der Waals surface area contributed by atoms with Gasteiger partial charge in [-0.2, -0.15) is 0 Å². The minimum Gasteiger partial charge on any atom is -0.392 e. The van der Waals surface area contributed by atoms with Crippen LogP contribution in [0.2, 0.25) is 0 Å². The van der Waals surface area contributed by atoms with Gasteiger partial charge in [-0.15, -0.1) is 0 Å². The van der Waals surface area contributed by atoms with Gasteiger partial charge in [0.15, 0.2) is 0 Å². The molecule has 0 saturated heterocycles. The van der Waals surface area contributed by atoms with Crippen LogP contribution in [0, 0.1) is 0 Å². The summed E-state index contributed by atoms with van der Waals surface area (Å²) in [6, 6.07) is 0. The molecule has 0 aromatic rings. The predicted octanol–water partition coefficient (Wildman–Crippen LogP) is 1.44. The summed E-state index contributed by atoms with van der Waals surface area (Å²) < 4.78 is 16.3. The maximum absolute atomic E-state index is 5.51. The molecule has 0 aromatic heterocycles. The summed E-state index contributed by atoms with van der Waals surface area (Å²) in [6.07, 6.45) is 2.28. The molecule has 120 valence electrons. The van der Waals surface area contributed by atoms with Gasteiger partial charge in [0.1, 0.15) is 0 Å². The zero-order valence-electron chi connectivity index (χ0n) is 12.9. The van der Waals surface area contributed by atoms with Gasteiger partial charge < -0.3 is 19.9 Å². The Hall–Kier alpha value is -0.270. The van der Waals surface area contributed by atoms with Gasteiger partial charge in [0.25, 0.3) is 0 Å². The molecule has 0 aliphatic rings. The quantitative estimate of drug-likeness (QED) is 0.365. The number of thiocarbonyl (C=S) groups is 1. The van der Waals surface area contributed by atoms with Crippen LogP contribution in [0.4, 0.5) is 0 Å². The Balaban J connectivity index is 3.21. The van der Waals surface area contributed by atoms with Crippen LogP contribution in [0.3, 0.4) is 0 Å². The van der Waals surface area contributed by atoms with Crippen molar-refractivity contribution < 1.29 is 14.2 Å². The lowest BCUT2D eigenvalue weighted by Gasteiger charge is -2.19. The minimum atomic E-state index is 0.526. The van der Waals surface area contributed by atoms with Crippen molar-refractivity contribution in [2.45, 2.75) is 26.7 Å². The maximum Gasteiger partial charge on any atom is 0.0870 e. The molecule has 0 aliphatic heterocycles. The normalized spacial score (nSPS) is 11.2. The Labute approximate surface area is 128 Å². The van der Waals surface area contributed by atoms with Gasteiger partial charge >= 0.3 is 0 Å². The summed E-state index contributed by atoms with van der Waals surface area (Å²) in [6.45, 7) is 10.7. The molecule has 0 rings (SSSR count). The third-order valence-corrected chi connectivity index (χ3v) is 2.89. The predicted molar refractivity (Wildman–Crippen MR) is 86.3 cm³/mol. The van der Waals surface area contributed by atoms with E-state index in [4.69, 9.17) is 32.2 Å². The number of unbranched alkanes of at least 4 members (excludes halogenated alkanes) is 1. The molecule has 0 fully saturated rings. The van der Waals surface area contributed by atoms with E-state index in [1.54, 1.807) is 0 Å². The van der Waals surface area contributed by atoms with Crippen molar-refractivity contribution in [2.24, 2.45) is 5.73 Å². The number of hydrogen-bond acceptors (Lipinski definition) is 5. The van der Waals surface area contributed by atoms with E-state index < -0.39 is 0 Å². The fourth-order valence-electron chi connectivity index (χ4n) is 1.55. The van der Waals surface area contributed by atoms with E-state index in [1.807, 2.05) is 0 Å². The van der Waals surface area contributed by atoms with Gasteiger partial charge in [-0.1, -0.05) is 32.5 Å². The Morgan fingerprint density at radius 3 is 2.00 bits per heavy atom. The van der Waals surface area contributed by atoms with E-state index in [0.717, 1.165) is 26.1 Å². The van der Waals surface area contributed by atoms with E-state index in [0.29, 0.717) is 44.6 Å². The van der Waals surface area contributed by atoms with Crippen LogP contribution >= 0.6 is 12.2 Å². The topological polar surface area (TPSA) is 57.0 Å². The summed E-state index contributed by atoms with van der Waals surface area (Å²) in [4.78, 5) is 2.68. The second kappa shape index (κ2) is 15.1. The summed E-state index contributed by atoms with van der Waals surface area (Å²) >= 11 is 4.89. The second-order valence-corrected chi connectivity index (χ2v) is 5.05. The molecule has 0 heterocycles. The van der Waals surface area contributed by atoms with Gasteiger partial charge in [0.2, 0.25) is 0 Å². The fourth-order valence-corrected chi connectivity index (χ4v) is 1.73. The molecule has 0 unspecified atom stereocenters. The Morgan fingerprint density at radius 1 is 0.950 bits per heavy atom. The number of rotatable bonds is 15. The van der Waals surface area contributed by atoms with Crippen molar-refractivity contribution in [3.05, 3.63) is 0 Å². The molecule has 0 bridgehead atoms. The van der Waals surface area contributed by atoms with Crippen LogP contribution in [0.15, 0.2) is 0 Å². The van der Waals surface area contributed by atoms with Crippen molar-refractivity contribution in [2.75, 3.05) is 59.3 Å². The molecular formula is C14H30N2O3S. The van der Waals surface area contributed by atoms with Crippen LogP contribution < -0.4 is 5.73 Å². The highest BCUT2D eigenvalue weighted by molar-refractivity contribution is 7.80. The standard InChI is InChI=1S/C14H30N2O3S/c1-3-5-7-17-9-11-19-12-10-18-8-6-16(4-2)13-14(15)20/h3-13H2,1-2H3,(H2,15,20). The zero-order chi connectivity index (χ0) is 15.1. The minimum absolute atomic E-state index is 0.526. The van der Waals surface area contributed by atoms with Crippen LogP contribution in [-0.2, 0) is 14.2 Å². The molecular weight excluding hydrogens is 276 g/mol. The third kappa shape index (κ3) is 14.1. The smallest absolute Gasteiger partial charge is 0.0870 e. The molecule has 5 nitrogen and oxygen atoms in total. The van der Waals surface area contributed by atoms with E-state index in [1.165, 1.54) is 6.42 Å². The number of nitrogens with zero attached hydrogens (tertiary/aromatic N) is 1. The average molecular weight is 306 g/mol. The summed E-state index contributed by atoms with van der Waals surface area (Å²) in [5.41, 5.74) is 5.51. The van der Waals surface area contributed by atoms with Gasteiger partial charge in [-0.25, -0.2) is 0 Å². The first-order valence-corrected chi connectivity index (χ1v) is 7.85. The van der Waals surface area contributed by atoms with Crippen molar-refractivity contribution in [1.29, 1.82) is 0 Å². The van der Waals surface area contributed by atoms with Gasteiger partial charge in [-0.3, -0.25) is 4.90 Å². The van der Waals surface area contributed by atoms with Crippen molar-refractivity contribution in [1.82, 2.24) is 4.90 Å². The van der Waals surface area contributed by atoms with E-state index in [-0.39, 0.29) is 0 Å². The number of likely N-dealkylation sites (N-methyl/N-ethyl adjacent to an activating group) is 1. The summed E-state index contributed by atoms with van der Waals surface area (Å²) in [7, 11) is 0. The lowest BCUT2D eigenvalue weighted by Crippen LogP contribution is -2.35.